The molecule has 0 aromatic carbocycles. The number of rotatable bonds is 5. The highest BCUT2D eigenvalue weighted by Gasteiger charge is 2.06. The first-order chi connectivity index (χ1) is 7.79. The van der Waals surface area contributed by atoms with Crippen LogP contribution in [-0.2, 0) is 6.42 Å². The molecular weight excluding hydrogens is 260 g/mol. The van der Waals surface area contributed by atoms with Crippen molar-refractivity contribution in [1.82, 2.24) is 4.98 Å². The lowest BCUT2D eigenvalue weighted by Crippen LogP contribution is -1.98. The van der Waals surface area contributed by atoms with Gasteiger partial charge >= 0.3 is 0 Å². The molecule has 0 saturated carbocycles. The van der Waals surface area contributed by atoms with Crippen molar-refractivity contribution in [3.8, 4) is 10.6 Å². The summed E-state index contributed by atoms with van der Waals surface area (Å²) in [5.74, 6) is 0. The molecule has 2 heterocycles. The Balaban J connectivity index is 2.02. The van der Waals surface area contributed by atoms with Gasteiger partial charge in [0.15, 0.2) is 0 Å². The number of thiophene rings is 1. The van der Waals surface area contributed by atoms with Gasteiger partial charge in [-0.3, -0.25) is 0 Å². The number of unbranched alkanes of at least 4 members (excludes halogenated alkanes) is 1. The van der Waals surface area contributed by atoms with Crippen molar-refractivity contribution in [2.45, 2.75) is 19.3 Å². The molecule has 0 aliphatic rings. The zero-order chi connectivity index (χ0) is 11.4. The SMILES string of the molecule is NCCCCc1nc(-c2ccc(Cl)s2)cs1. The van der Waals surface area contributed by atoms with Gasteiger partial charge in [-0.15, -0.1) is 22.7 Å². The number of nitrogens with zero attached hydrogens (tertiary/aromatic N) is 1. The number of hydrogen-bond donors (Lipinski definition) is 1. The standard InChI is InChI=1S/C11H13ClN2S2/c12-10-5-4-9(16-10)8-7-15-11(14-8)3-1-2-6-13/h4-5,7H,1-3,6,13H2. The molecular formula is C11H13ClN2S2. The summed E-state index contributed by atoms with van der Waals surface area (Å²) in [5.41, 5.74) is 6.51. The number of halogens is 1. The predicted molar refractivity (Wildman–Crippen MR) is 72.4 cm³/mol. The highest BCUT2D eigenvalue weighted by atomic mass is 35.5. The Hall–Kier alpha value is -0.420. The first kappa shape index (κ1) is 12.0. The molecule has 2 rings (SSSR count). The molecule has 0 unspecified atom stereocenters. The van der Waals surface area contributed by atoms with E-state index >= 15 is 0 Å². The van der Waals surface area contributed by atoms with Gasteiger partial charge in [0.25, 0.3) is 0 Å². The van der Waals surface area contributed by atoms with Crippen molar-refractivity contribution in [2.75, 3.05) is 6.54 Å². The van der Waals surface area contributed by atoms with Crippen LogP contribution in [0.5, 0.6) is 0 Å². The van der Waals surface area contributed by atoms with E-state index in [4.69, 9.17) is 17.3 Å². The molecule has 2 N–H and O–H groups in total. The van der Waals surface area contributed by atoms with E-state index < -0.39 is 0 Å². The summed E-state index contributed by atoms with van der Waals surface area (Å²) in [4.78, 5) is 5.74. The average Bonchev–Trinajstić information content (AvgIpc) is 2.87. The van der Waals surface area contributed by atoms with E-state index in [9.17, 15) is 0 Å². The first-order valence-corrected chi connectivity index (χ1v) is 7.27. The maximum Gasteiger partial charge on any atom is 0.0935 e. The molecule has 0 fully saturated rings. The van der Waals surface area contributed by atoms with Crippen LogP contribution in [0.15, 0.2) is 17.5 Å². The minimum atomic E-state index is 0.763. The maximum absolute atomic E-state index is 5.90. The Morgan fingerprint density at radius 3 is 2.88 bits per heavy atom. The molecule has 2 aromatic heterocycles. The van der Waals surface area contributed by atoms with Crippen molar-refractivity contribution in [2.24, 2.45) is 5.73 Å². The third-order valence-electron chi connectivity index (χ3n) is 2.22. The molecule has 0 aliphatic heterocycles. The van der Waals surface area contributed by atoms with E-state index in [-0.39, 0.29) is 0 Å². The highest BCUT2D eigenvalue weighted by Crippen LogP contribution is 2.31. The minimum absolute atomic E-state index is 0.763. The fourth-order valence-electron chi connectivity index (χ4n) is 1.41. The van der Waals surface area contributed by atoms with Crippen LogP contribution in [0.2, 0.25) is 4.34 Å². The molecule has 0 spiro atoms. The molecule has 2 nitrogen and oxygen atoms in total. The summed E-state index contributed by atoms with van der Waals surface area (Å²) in [7, 11) is 0. The van der Waals surface area contributed by atoms with Gasteiger partial charge in [0.05, 0.1) is 19.9 Å². The van der Waals surface area contributed by atoms with Crippen molar-refractivity contribution < 1.29 is 0 Å². The van der Waals surface area contributed by atoms with Crippen molar-refractivity contribution >= 4 is 34.3 Å². The molecule has 0 saturated heterocycles. The van der Waals surface area contributed by atoms with Crippen LogP contribution < -0.4 is 5.73 Å². The number of aromatic nitrogens is 1. The largest absolute Gasteiger partial charge is 0.330 e. The Bertz CT molecular complexity index is 450. The zero-order valence-electron chi connectivity index (χ0n) is 8.78. The van der Waals surface area contributed by atoms with Crippen LogP contribution in [0, 0.1) is 0 Å². The molecule has 16 heavy (non-hydrogen) atoms. The van der Waals surface area contributed by atoms with Crippen LogP contribution in [-0.4, -0.2) is 11.5 Å². The molecule has 0 aliphatic carbocycles. The Morgan fingerprint density at radius 1 is 1.31 bits per heavy atom. The molecule has 0 amide bonds. The van der Waals surface area contributed by atoms with Gasteiger partial charge in [-0.05, 0) is 37.9 Å². The molecule has 0 bridgehead atoms. The highest BCUT2D eigenvalue weighted by molar-refractivity contribution is 7.19. The van der Waals surface area contributed by atoms with Crippen LogP contribution >= 0.6 is 34.3 Å². The maximum atomic E-state index is 5.90. The van der Waals surface area contributed by atoms with Gasteiger partial charge in [0, 0.05) is 5.38 Å². The second kappa shape index (κ2) is 5.77. The summed E-state index contributed by atoms with van der Waals surface area (Å²) in [6, 6.07) is 3.93. The summed E-state index contributed by atoms with van der Waals surface area (Å²) < 4.78 is 0.813. The lowest BCUT2D eigenvalue weighted by Gasteiger charge is -1.94. The molecule has 2 aromatic rings. The summed E-state index contributed by atoms with van der Waals surface area (Å²) in [5, 5.41) is 3.29. The van der Waals surface area contributed by atoms with E-state index in [2.05, 4.69) is 10.4 Å². The van der Waals surface area contributed by atoms with Crippen LogP contribution in [0.4, 0.5) is 0 Å². The Morgan fingerprint density at radius 2 is 2.19 bits per heavy atom. The van der Waals surface area contributed by atoms with Crippen LogP contribution in [0.3, 0.4) is 0 Å². The van der Waals surface area contributed by atoms with Gasteiger partial charge in [0.1, 0.15) is 0 Å². The zero-order valence-corrected chi connectivity index (χ0v) is 11.2. The van der Waals surface area contributed by atoms with Crippen molar-refractivity contribution in [3.63, 3.8) is 0 Å². The van der Waals surface area contributed by atoms with Crippen molar-refractivity contribution in [3.05, 3.63) is 26.9 Å². The first-order valence-electron chi connectivity index (χ1n) is 5.20. The van der Waals surface area contributed by atoms with Gasteiger partial charge in [0.2, 0.25) is 0 Å². The van der Waals surface area contributed by atoms with Crippen molar-refractivity contribution in [1.29, 1.82) is 0 Å². The molecule has 0 radical (unpaired) electrons. The van der Waals surface area contributed by atoms with E-state index in [1.165, 1.54) is 5.01 Å². The smallest absolute Gasteiger partial charge is 0.0935 e. The fourth-order valence-corrected chi connectivity index (χ4v) is 3.33. The monoisotopic (exact) mass is 272 g/mol. The summed E-state index contributed by atoms with van der Waals surface area (Å²) in [6.45, 7) is 0.763. The minimum Gasteiger partial charge on any atom is -0.330 e. The lowest BCUT2D eigenvalue weighted by atomic mass is 10.2. The molecule has 0 atom stereocenters. The number of thiazole rings is 1. The van der Waals surface area contributed by atoms with Crippen LogP contribution in [0.25, 0.3) is 10.6 Å². The normalized spacial score (nSPS) is 10.9. The summed E-state index contributed by atoms with van der Waals surface area (Å²) >= 11 is 9.19. The predicted octanol–water partition coefficient (Wildman–Crippen LogP) is 3.81. The third kappa shape index (κ3) is 3.04. The molecule has 86 valence electrons. The fraction of sp³-hybridized carbons (Fsp3) is 0.364. The Labute approximate surface area is 108 Å². The van der Waals surface area contributed by atoms with Gasteiger partial charge in [-0.2, -0.15) is 0 Å². The second-order valence-corrected chi connectivity index (χ2v) is 6.13. The van der Waals surface area contributed by atoms with E-state index in [1.807, 2.05) is 12.1 Å². The number of hydrogen-bond acceptors (Lipinski definition) is 4. The lowest BCUT2D eigenvalue weighted by molar-refractivity contribution is 0.742. The second-order valence-electron chi connectivity index (χ2n) is 3.48. The van der Waals surface area contributed by atoms with Gasteiger partial charge < -0.3 is 5.73 Å². The van der Waals surface area contributed by atoms with E-state index in [0.717, 1.165) is 40.7 Å². The van der Waals surface area contributed by atoms with Gasteiger partial charge in [-0.1, -0.05) is 11.6 Å². The van der Waals surface area contributed by atoms with Crippen LogP contribution in [0.1, 0.15) is 17.8 Å². The number of aryl methyl sites for hydroxylation is 1. The Kier molecular flexibility index (Phi) is 4.35. The average molecular weight is 273 g/mol. The van der Waals surface area contributed by atoms with E-state index in [0.29, 0.717) is 0 Å². The van der Waals surface area contributed by atoms with Gasteiger partial charge in [-0.25, -0.2) is 4.98 Å². The number of nitrogens with two attached hydrogens (primary N) is 1. The molecule has 5 heteroatoms. The summed E-state index contributed by atoms with van der Waals surface area (Å²) in [6.07, 6.45) is 3.22. The van der Waals surface area contributed by atoms with E-state index in [1.54, 1.807) is 22.7 Å². The quantitative estimate of drug-likeness (QED) is 0.841. The topological polar surface area (TPSA) is 38.9 Å². The third-order valence-corrected chi connectivity index (χ3v) is 4.38.